The van der Waals surface area contributed by atoms with Crippen molar-refractivity contribution in [1.29, 1.82) is 0 Å². The maximum Gasteiger partial charge on any atom is 0.325 e. The van der Waals surface area contributed by atoms with E-state index in [4.69, 9.17) is 16.3 Å². The molecule has 4 rings (SSSR count). The quantitative estimate of drug-likeness (QED) is 0.542. The Morgan fingerprint density at radius 2 is 1.87 bits per heavy atom. The van der Waals surface area contributed by atoms with E-state index < -0.39 is 27.4 Å². The van der Waals surface area contributed by atoms with Gasteiger partial charge in [-0.1, -0.05) is 41.9 Å². The highest BCUT2D eigenvalue weighted by Gasteiger charge is 2.64. The summed E-state index contributed by atoms with van der Waals surface area (Å²) >= 11 is 6.98. The molecule has 1 fully saturated rings. The predicted octanol–water partition coefficient (Wildman–Crippen LogP) is 4.37. The van der Waals surface area contributed by atoms with E-state index in [1.54, 1.807) is 54.6 Å². The highest BCUT2D eigenvalue weighted by atomic mass is 35.5. The molecule has 2 aromatic carbocycles. The van der Waals surface area contributed by atoms with Crippen molar-refractivity contribution < 1.29 is 23.1 Å². The lowest BCUT2D eigenvalue weighted by Crippen LogP contribution is -2.44. The van der Waals surface area contributed by atoms with Crippen molar-refractivity contribution in [2.24, 2.45) is 0 Å². The van der Waals surface area contributed by atoms with Crippen LogP contribution in [-0.2, 0) is 14.8 Å². The van der Waals surface area contributed by atoms with Crippen molar-refractivity contribution in [1.82, 2.24) is 4.72 Å². The lowest BCUT2D eigenvalue weighted by Gasteiger charge is -2.16. The molecule has 156 valence electrons. The lowest BCUT2D eigenvalue weighted by molar-refractivity contribution is -0.140. The van der Waals surface area contributed by atoms with Crippen LogP contribution in [0.1, 0.15) is 17.9 Å². The smallest absolute Gasteiger partial charge is 0.325 e. The molecule has 3 aromatic rings. The molecule has 0 aliphatic heterocycles. The highest BCUT2D eigenvalue weighted by molar-refractivity contribution is 7.91. The second-order valence-corrected chi connectivity index (χ2v) is 10.4. The van der Waals surface area contributed by atoms with Crippen molar-refractivity contribution in [3.8, 4) is 16.2 Å². The van der Waals surface area contributed by atoms with E-state index >= 15 is 0 Å². The van der Waals surface area contributed by atoms with E-state index in [1.165, 1.54) is 13.2 Å². The normalized spacial score (nSPS) is 20.7. The average Bonchev–Trinajstić information content (AvgIpc) is 3.20. The third kappa shape index (κ3) is 3.72. The van der Waals surface area contributed by atoms with Crippen molar-refractivity contribution in [3.63, 3.8) is 0 Å². The Hall–Kier alpha value is -2.39. The molecule has 2 N–H and O–H groups in total. The Labute approximate surface area is 183 Å². The summed E-state index contributed by atoms with van der Waals surface area (Å²) in [6.45, 7) is 0. The van der Waals surface area contributed by atoms with Gasteiger partial charge in [0.05, 0.1) is 7.11 Å². The monoisotopic (exact) mass is 463 g/mol. The Balaban J connectivity index is 1.62. The van der Waals surface area contributed by atoms with E-state index in [2.05, 4.69) is 4.72 Å². The molecular weight excluding hydrogens is 446 g/mol. The summed E-state index contributed by atoms with van der Waals surface area (Å²) in [7, 11) is -2.54. The molecule has 30 heavy (non-hydrogen) atoms. The summed E-state index contributed by atoms with van der Waals surface area (Å²) < 4.78 is 33.8. The fraction of sp³-hybridized carbons (Fsp3) is 0.190. The predicted molar refractivity (Wildman–Crippen MR) is 116 cm³/mol. The van der Waals surface area contributed by atoms with E-state index in [9.17, 15) is 18.3 Å². The SMILES string of the molecule is COc1ccccc1[C@@H]1C[C@]1(NS(=O)(=O)c1ccc(-c2ccc(Cl)cc2)s1)C(=O)O. The second-order valence-electron chi connectivity index (χ2n) is 7.01. The number of thiophene rings is 1. The number of para-hydroxylation sites is 1. The molecule has 1 aromatic heterocycles. The molecule has 0 amide bonds. The van der Waals surface area contributed by atoms with Crippen LogP contribution in [0, 0.1) is 0 Å². The zero-order valence-electron chi connectivity index (χ0n) is 15.8. The van der Waals surface area contributed by atoms with Crippen LogP contribution >= 0.6 is 22.9 Å². The van der Waals surface area contributed by atoms with E-state index in [1.807, 2.05) is 0 Å². The van der Waals surface area contributed by atoms with Crippen LogP contribution in [0.15, 0.2) is 64.9 Å². The third-order valence-electron chi connectivity index (χ3n) is 5.15. The fourth-order valence-corrected chi connectivity index (χ4v) is 6.35. The van der Waals surface area contributed by atoms with Crippen molar-refractivity contribution >= 4 is 38.9 Å². The summed E-state index contributed by atoms with van der Waals surface area (Å²) in [4.78, 5) is 12.8. The van der Waals surface area contributed by atoms with Crippen LogP contribution in [0.2, 0.25) is 5.02 Å². The standard InChI is InChI=1S/C21H18ClNO5S2/c1-28-17-5-3-2-4-15(17)16-12-21(16,20(24)25)23-30(26,27)19-11-10-18(29-19)13-6-8-14(22)9-7-13/h2-11,16,23H,12H2,1H3,(H,24,25)/t16-,21+/m0/s1. The summed E-state index contributed by atoms with van der Waals surface area (Å²) in [5.41, 5.74) is -0.104. The Kier molecular flexibility index (Phi) is 5.36. The first kappa shape index (κ1) is 20.9. The third-order valence-corrected chi connectivity index (χ3v) is 8.54. The highest BCUT2D eigenvalue weighted by Crippen LogP contribution is 2.54. The number of sulfonamides is 1. The first-order chi connectivity index (χ1) is 14.3. The molecule has 2 atom stereocenters. The molecule has 0 spiro atoms. The molecule has 6 nitrogen and oxygen atoms in total. The number of halogens is 1. The molecule has 1 aliphatic carbocycles. The molecule has 9 heteroatoms. The number of ether oxygens (including phenoxy) is 1. The Bertz CT molecular complexity index is 1210. The number of benzene rings is 2. The Morgan fingerprint density at radius 3 is 2.53 bits per heavy atom. The first-order valence-electron chi connectivity index (χ1n) is 9.03. The summed E-state index contributed by atoms with van der Waals surface area (Å²) in [6.07, 6.45) is 0.150. The summed E-state index contributed by atoms with van der Waals surface area (Å²) in [6, 6.07) is 17.3. The fourth-order valence-electron chi connectivity index (χ4n) is 3.51. The van der Waals surface area contributed by atoms with Gasteiger partial charge in [-0.25, -0.2) is 8.42 Å². The van der Waals surface area contributed by atoms with Gasteiger partial charge in [-0.3, -0.25) is 4.79 Å². The van der Waals surface area contributed by atoms with Gasteiger partial charge in [0.25, 0.3) is 10.0 Å². The maximum atomic E-state index is 13.0. The van der Waals surface area contributed by atoms with Gasteiger partial charge in [-0.15, -0.1) is 11.3 Å². The zero-order chi connectivity index (χ0) is 21.5. The summed E-state index contributed by atoms with van der Waals surface area (Å²) in [5, 5.41) is 10.4. The number of carboxylic acids is 1. The van der Waals surface area contributed by atoms with Crippen LogP contribution in [0.4, 0.5) is 0 Å². The minimum absolute atomic E-state index is 0.0544. The van der Waals surface area contributed by atoms with E-state index in [-0.39, 0.29) is 10.6 Å². The maximum absolute atomic E-state index is 13.0. The van der Waals surface area contributed by atoms with Gasteiger partial charge in [0, 0.05) is 15.8 Å². The van der Waals surface area contributed by atoms with Gasteiger partial charge in [-0.05, 0) is 47.9 Å². The Morgan fingerprint density at radius 1 is 1.17 bits per heavy atom. The second kappa shape index (κ2) is 7.70. The molecular formula is C21H18ClNO5S2. The number of carboxylic acid groups (broad SMARTS) is 1. The zero-order valence-corrected chi connectivity index (χ0v) is 18.2. The van der Waals surface area contributed by atoms with E-state index in [0.717, 1.165) is 21.8 Å². The van der Waals surface area contributed by atoms with Gasteiger partial charge in [0.2, 0.25) is 0 Å². The van der Waals surface area contributed by atoms with Crippen LogP contribution in [0.3, 0.4) is 0 Å². The molecule has 1 heterocycles. The minimum Gasteiger partial charge on any atom is -0.496 e. The number of hydrogen-bond donors (Lipinski definition) is 2. The molecule has 0 radical (unpaired) electrons. The number of hydrogen-bond acceptors (Lipinski definition) is 5. The van der Waals surface area contributed by atoms with Crippen molar-refractivity contribution in [3.05, 3.63) is 71.2 Å². The minimum atomic E-state index is -4.04. The molecule has 0 unspecified atom stereocenters. The number of nitrogens with one attached hydrogen (secondary N) is 1. The van der Waals surface area contributed by atoms with Crippen LogP contribution in [-0.4, -0.2) is 32.1 Å². The number of aliphatic carboxylic acids is 1. The number of carbonyl (C=O) groups is 1. The molecule has 1 aliphatic rings. The van der Waals surface area contributed by atoms with Crippen molar-refractivity contribution in [2.45, 2.75) is 22.1 Å². The largest absolute Gasteiger partial charge is 0.496 e. The van der Waals surface area contributed by atoms with Gasteiger partial charge < -0.3 is 9.84 Å². The van der Waals surface area contributed by atoms with Crippen LogP contribution in [0.25, 0.3) is 10.4 Å². The summed E-state index contributed by atoms with van der Waals surface area (Å²) in [5.74, 6) is -1.20. The first-order valence-corrected chi connectivity index (χ1v) is 11.7. The number of methoxy groups -OCH3 is 1. The van der Waals surface area contributed by atoms with Crippen LogP contribution in [0.5, 0.6) is 5.75 Å². The van der Waals surface area contributed by atoms with Gasteiger partial charge in [0.15, 0.2) is 0 Å². The number of rotatable bonds is 7. The molecule has 1 saturated carbocycles. The van der Waals surface area contributed by atoms with Gasteiger partial charge in [0.1, 0.15) is 15.5 Å². The molecule has 0 saturated heterocycles. The van der Waals surface area contributed by atoms with E-state index in [0.29, 0.717) is 16.3 Å². The lowest BCUT2D eigenvalue weighted by atomic mass is 10.1. The van der Waals surface area contributed by atoms with Crippen molar-refractivity contribution in [2.75, 3.05) is 7.11 Å². The van der Waals surface area contributed by atoms with Gasteiger partial charge in [-0.2, -0.15) is 4.72 Å². The van der Waals surface area contributed by atoms with Gasteiger partial charge >= 0.3 is 5.97 Å². The van der Waals surface area contributed by atoms with Crippen LogP contribution < -0.4 is 9.46 Å². The topological polar surface area (TPSA) is 92.7 Å². The average molecular weight is 464 g/mol. The molecule has 0 bridgehead atoms.